The van der Waals surface area contributed by atoms with Gasteiger partial charge in [0.05, 0.1) is 16.7 Å². The lowest BCUT2D eigenvalue weighted by molar-refractivity contribution is -0.134. The lowest BCUT2D eigenvalue weighted by Crippen LogP contribution is -2.42. The van der Waals surface area contributed by atoms with Gasteiger partial charge >= 0.3 is 0 Å². The van der Waals surface area contributed by atoms with Gasteiger partial charge in [0.25, 0.3) is 0 Å². The largest absolute Gasteiger partial charge is 0.388 e. The van der Waals surface area contributed by atoms with Crippen LogP contribution in [0.1, 0.15) is 56.6 Å². The van der Waals surface area contributed by atoms with E-state index < -0.39 is 11.9 Å². The highest BCUT2D eigenvalue weighted by molar-refractivity contribution is 6.30. The van der Waals surface area contributed by atoms with Gasteiger partial charge in [-0.2, -0.15) is 0 Å². The van der Waals surface area contributed by atoms with Crippen LogP contribution in [0.15, 0.2) is 18.2 Å². The molecule has 2 unspecified atom stereocenters. The fourth-order valence-corrected chi connectivity index (χ4v) is 4.04. The van der Waals surface area contributed by atoms with Crippen LogP contribution in [0.5, 0.6) is 0 Å². The van der Waals surface area contributed by atoms with Gasteiger partial charge in [-0.15, -0.1) is 0 Å². The van der Waals surface area contributed by atoms with Crippen LogP contribution in [0.3, 0.4) is 0 Å². The van der Waals surface area contributed by atoms with Gasteiger partial charge in [-0.1, -0.05) is 36.9 Å². The minimum atomic E-state index is -0.592. The van der Waals surface area contributed by atoms with Gasteiger partial charge in [-0.05, 0) is 49.3 Å². The topological polar surface area (TPSA) is 29.5 Å². The molecule has 3 rings (SSSR count). The first-order chi connectivity index (χ1) is 10.1. The fraction of sp³-hybridized carbons (Fsp3) is 0.647. The summed E-state index contributed by atoms with van der Waals surface area (Å²) in [5.41, 5.74) is 0.672. The highest BCUT2D eigenvalue weighted by Gasteiger charge is 2.40. The average molecular weight is 313 g/mol. The fourth-order valence-electron chi connectivity index (χ4n) is 3.85. The van der Waals surface area contributed by atoms with E-state index in [4.69, 9.17) is 16.3 Å². The Kier molecular flexibility index (Phi) is 4.53. The van der Waals surface area contributed by atoms with E-state index in [9.17, 15) is 9.50 Å². The number of hydrogen-bond acceptors (Lipinski definition) is 2. The minimum absolute atomic E-state index is 0.0357. The van der Waals surface area contributed by atoms with E-state index in [1.165, 1.54) is 25.3 Å². The van der Waals surface area contributed by atoms with Crippen molar-refractivity contribution >= 4 is 11.6 Å². The minimum Gasteiger partial charge on any atom is -0.388 e. The van der Waals surface area contributed by atoms with Crippen molar-refractivity contribution in [2.75, 3.05) is 6.61 Å². The number of hydrogen-bond donors (Lipinski definition) is 1. The van der Waals surface area contributed by atoms with E-state index in [-0.39, 0.29) is 16.5 Å². The predicted octanol–water partition coefficient (Wildman–Crippen LogP) is 4.64. The monoisotopic (exact) mass is 312 g/mol. The molecule has 1 aromatic carbocycles. The van der Waals surface area contributed by atoms with Crippen molar-refractivity contribution in [2.45, 2.75) is 56.7 Å². The van der Waals surface area contributed by atoms with Gasteiger partial charge in [0.15, 0.2) is 0 Å². The Morgan fingerprint density at radius 2 is 2.05 bits per heavy atom. The van der Waals surface area contributed by atoms with Crippen molar-refractivity contribution in [1.29, 1.82) is 0 Å². The van der Waals surface area contributed by atoms with Crippen molar-refractivity contribution in [1.82, 2.24) is 0 Å². The number of ether oxygens (including phenoxy) is 1. The smallest absolute Gasteiger partial charge is 0.141 e. The van der Waals surface area contributed by atoms with E-state index >= 15 is 0 Å². The molecule has 1 spiro atoms. The molecule has 2 atom stereocenters. The molecule has 2 fully saturated rings. The normalized spacial score (nSPS) is 26.7. The van der Waals surface area contributed by atoms with Crippen LogP contribution in [0.25, 0.3) is 0 Å². The highest BCUT2D eigenvalue weighted by atomic mass is 35.5. The van der Waals surface area contributed by atoms with E-state index in [1.807, 2.05) is 0 Å². The second-order valence-corrected chi connectivity index (χ2v) is 6.87. The molecule has 21 heavy (non-hydrogen) atoms. The molecule has 1 heterocycles. The molecule has 2 aliphatic rings. The predicted molar refractivity (Wildman–Crippen MR) is 80.9 cm³/mol. The third kappa shape index (κ3) is 3.25. The Bertz CT molecular complexity index is 494. The molecule has 0 radical (unpaired) electrons. The van der Waals surface area contributed by atoms with Crippen molar-refractivity contribution in [3.63, 3.8) is 0 Å². The Morgan fingerprint density at radius 3 is 2.76 bits per heavy atom. The van der Waals surface area contributed by atoms with Gasteiger partial charge in [-0.3, -0.25) is 0 Å². The molecule has 1 N–H and O–H groups in total. The van der Waals surface area contributed by atoms with Crippen LogP contribution < -0.4 is 0 Å². The van der Waals surface area contributed by atoms with Crippen LogP contribution >= 0.6 is 11.6 Å². The van der Waals surface area contributed by atoms with Gasteiger partial charge in [0, 0.05) is 6.61 Å². The Morgan fingerprint density at radius 1 is 1.29 bits per heavy atom. The summed E-state index contributed by atoms with van der Waals surface area (Å²) in [4.78, 5) is 0. The summed E-state index contributed by atoms with van der Waals surface area (Å²) in [6.07, 6.45) is 7.05. The molecular formula is C17H22ClFO2. The van der Waals surface area contributed by atoms with E-state index in [0.717, 1.165) is 25.7 Å². The molecule has 1 saturated heterocycles. The van der Waals surface area contributed by atoms with Crippen molar-refractivity contribution in [3.8, 4) is 0 Å². The van der Waals surface area contributed by atoms with E-state index in [2.05, 4.69) is 0 Å². The van der Waals surface area contributed by atoms with Gasteiger partial charge in [-0.25, -0.2) is 4.39 Å². The number of rotatable bonds is 2. The highest BCUT2D eigenvalue weighted by Crippen LogP contribution is 2.44. The molecule has 4 heteroatoms. The molecule has 1 aromatic rings. The quantitative estimate of drug-likeness (QED) is 0.862. The maximum Gasteiger partial charge on any atom is 0.141 e. The molecule has 1 aliphatic heterocycles. The van der Waals surface area contributed by atoms with Crippen LogP contribution in [-0.2, 0) is 4.74 Å². The summed E-state index contributed by atoms with van der Waals surface area (Å²) >= 11 is 5.83. The van der Waals surface area contributed by atoms with Crippen molar-refractivity contribution in [3.05, 3.63) is 34.6 Å². The molecule has 1 aliphatic carbocycles. The maximum absolute atomic E-state index is 13.3. The summed E-state index contributed by atoms with van der Waals surface area (Å²) in [5.74, 6) is -0.276. The van der Waals surface area contributed by atoms with Gasteiger partial charge < -0.3 is 9.84 Å². The summed E-state index contributed by atoms with van der Waals surface area (Å²) < 4.78 is 19.3. The molecule has 0 amide bonds. The molecule has 116 valence electrons. The van der Waals surface area contributed by atoms with Crippen LogP contribution in [-0.4, -0.2) is 17.3 Å². The lowest BCUT2D eigenvalue weighted by atomic mass is 9.74. The first-order valence-electron chi connectivity index (χ1n) is 7.87. The molecule has 1 saturated carbocycles. The van der Waals surface area contributed by atoms with Gasteiger partial charge in [0.2, 0.25) is 0 Å². The lowest BCUT2D eigenvalue weighted by Gasteiger charge is -2.44. The third-order valence-corrected chi connectivity index (χ3v) is 5.32. The molecule has 2 nitrogen and oxygen atoms in total. The zero-order chi connectivity index (χ0) is 14.9. The molecule has 0 aromatic heterocycles. The van der Waals surface area contributed by atoms with Crippen molar-refractivity contribution < 1.29 is 14.2 Å². The zero-order valence-electron chi connectivity index (χ0n) is 12.2. The Balaban J connectivity index is 1.74. The first kappa shape index (κ1) is 15.3. The maximum atomic E-state index is 13.3. The van der Waals surface area contributed by atoms with Gasteiger partial charge in [0.1, 0.15) is 5.82 Å². The first-order valence-corrected chi connectivity index (χ1v) is 8.24. The second-order valence-electron chi connectivity index (χ2n) is 6.46. The average Bonchev–Trinajstić information content (AvgIpc) is 2.50. The number of aliphatic hydroxyl groups excluding tert-OH is 1. The van der Waals surface area contributed by atoms with Crippen LogP contribution in [0.4, 0.5) is 4.39 Å². The van der Waals surface area contributed by atoms with E-state index in [0.29, 0.717) is 12.2 Å². The molecular weight excluding hydrogens is 291 g/mol. The second kappa shape index (κ2) is 6.23. The number of aliphatic hydroxyl groups is 1. The van der Waals surface area contributed by atoms with Crippen molar-refractivity contribution in [2.24, 2.45) is 5.92 Å². The number of benzene rings is 1. The van der Waals surface area contributed by atoms with E-state index in [1.54, 1.807) is 12.1 Å². The molecule has 0 bridgehead atoms. The number of halogens is 2. The SMILES string of the molecule is OC(c1ccc(F)c(Cl)c1)C1CCOC2(CCCCC2)C1. The van der Waals surface area contributed by atoms with Crippen LogP contribution in [0, 0.1) is 11.7 Å². The summed E-state index contributed by atoms with van der Waals surface area (Å²) in [6, 6.07) is 4.51. The Labute approximate surface area is 130 Å². The zero-order valence-corrected chi connectivity index (χ0v) is 12.9. The Hall–Kier alpha value is -0.640. The third-order valence-electron chi connectivity index (χ3n) is 5.03. The summed E-state index contributed by atoms with van der Waals surface area (Å²) in [6.45, 7) is 0.705. The van der Waals surface area contributed by atoms with Crippen LogP contribution in [0.2, 0.25) is 5.02 Å². The standard InChI is InChI=1S/C17H22ClFO2/c18-14-10-12(4-5-15(14)19)16(20)13-6-9-21-17(11-13)7-2-1-3-8-17/h4-5,10,13,16,20H,1-3,6-9,11H2. The summed E-state index contributed by atoms with van der Waals surface area (Å²) in [7, 11) is 0. The summed E-state index contributed by atoms with van der Waals surface area (Å²) in [5, 5.41) is 10.7.